The molecule has 1 aromatic carbocycles. The fourth-order valence-corrected chi connectivity index (χ4v) is 1.67. The summed E-state index contributed by atoms with van der Waals surface area (Å²) in [6, 6.07) is 6.75. The summed E-state index contributed by atoms with van der Waals surface area (Å²) in [4.78, 5) is 3.99. The minimum atomic E-state index is -4.54. The molecule has 0 spiro atoms. The number of ether oxygens (including phenoxy) is 1. The first-order valence-electron chi connectivity index (χ1n) is 5.81. The number of halogens is 3. The molecule has 0 atom stereocenters. The van der Waals surface area contributed by atoms with Crippen LogP contribution in [0.5, 0.6) is 11.5 Å². The van der Waals surface area contributed by atoms with E-state index in [1.165, 1.54) is 18.3 Å². The number of benzene rings is 1. The fraction of sp³-hybridized carbons (Fsp3) is 0.214. The molecule has 1 heterocycles. The fourth-order valence-electron chi connectivity index (χ4n) is 1.67. The zero-order valence-corrected chi connectivity index (χ0v) is 10.6. The van der Waals surface area contributed by atoms with Crippen molar-refractivity contribution in [2.75, 3.05) is 0 Å². The van der Waals surface area contributed by atoms with Crippen LogP contribution in [0.25, 0.3) is 0 Å². The molecule has 106 valence electrons. The molecule has 1 aromatic heterocycles. The molecule has 2 rings (SSSR count). The van der Waals surface area contributed by atoms with Gasteiger partial charge in [-0.2, -0.15) is 13.2 Å². The molecule has 3 nitrogen and oxygen atoms in total. The molecule has 0 unspecified atom stereocenters. The molecular weight excluding hydrogens is 271 g/mol. The highest BCUT2D eigenvalue weighted by atomic mass is 19.4. The zero-order chi connectivity index (χ0) is 14.8. The standard InChI is InChI=1S/C14H12F3NO2/c1-9-2-4-12(7-18-9)20-11-5-3-10(8-19)13(6-11)14(15,16)17/h2-7,19H,8H2,1H3. The van der Waals surface area contributed by atoms with Crippen LogP contribution in [-0.2, 0) is 12.8 Å². The summed E-state index contributed by atoms with van der Waals surface area (Å²) in [5, 5.41) is 8.94. The van der Waals surface area contributed by atoms with E-state index in [4.69, 9.17) is 9.84 Å². The molecular formula is C14H12F3NO2. The molecule has 0 aliphatic heterocycles. The monoisotopic (exact) mass is 283 g/mol. The quantitative estimate of drug-likeness (QED) is 0.934. The lowest BCUT2D eigenvalue weighted by atomic mass is 10.1. The van der Waals surface area contributed by atoms with Crippen molar-refractivity contribution in [1.82, 2.24) is 4.98 Å². The second-order valence-electron chi connectivity index (χ2n) is 4.21. The van der Waals surface area contributed by atoms with E-state index < -0.39 is 18.3 Å². The number of hydrogen-bond acceptors (Lipinski definition) is 3. The predicted molar refractivity (Wildman–Crippen MR) is 66.4 cm³/mol. The van der Waals surface area contributed by atoms with Crippen molar-refractivity contribution in [3.8, 4) is 11.5 Å². The molecule has 0 aliphatic rings. The second kappa shape index (κ2) is 5.50. The van der Waals surface area contributed by atoms with E-state index in [2.05, 4.69) is 4.98 Å². The molecule has 0 aliphatic carbocycles. The lowest BCUT2D eigenvalue weighted by Crippen LogP contribution is -2.09. The normalized spacial score (nSPS) is 11.4. The van der Waals surface area contributed by atoms with Crippen LogP contribution in [0.4, 0.5) is 13.2 Å². The van der Waals surface area contributed by atoms with Crippen molar-refractivity contribution in [3.63, 3.8) is 0 Å². The average molecular weight is 283 g/mol. The van der Waals surface area contributed by atoms with Crippen LogP contribution >= 0.6 is 0 Å². The number of aliphatic hydroxyl groups excluding tert-OH is 1. The van der Waals surface area contributed by atoms with Crippen LogP contribution in [0.1, 0.15) is 16.8 Å². The van der Waals surface area contributed by atoms with E-state index >= 15 is 0 Å². The van der Waals surface area contributed by atoms with Gasteiger partial charge in [-0.1, -0.05) is 6.07 Å². The summed E-state index contributed by atoms with van der Waals surface area (Å²) in [7, 11) is 0. The maximum absolute atomic E-state index is 12.8. The highest BCUT2D eigenvalue weighted by Crippen LogP contribution is 2.35. The van der Waals surface area contributed by atoms with E-state index in [1.807, 2.05) is 0 Å². The molecule has 0 bridgehead atoms. The number of hydrogen-bond donors (Lipinski definition) is 1. The summed E-state index contributed by atoms with van der Waals surface area (Å²) in [5.74, 6) is 0.389. The number of rotatable bonds is 3. The molecule has 2 aromatic rings. The number of aliphatic hydroxyl groups is 1. The molecule has 20 heavy (non-hydrogen) atoms. The van der Waals surface area contributed by atoms with E-state index in [0.717, 1.165) is 11.8 Å². The molecule has 0 fully saturated rings. The van der Waals surface area contributed by atoms with E-state index in [-0.39, 0.29) is 11.3 Å². The third kappa shape index (κ3) is 3.27. The first kappa shape index (κ1) is 14.3. The maximum atomic E-state index is 12.8. The lowest BCUT2D eigenvalue weighted by Gasteiger charge is -2.13. The van der Waals surface area contributed by atoms with E-state index in [1.54, 1.807) is 19.1 Å². The lowest BCUT2D eigenvalue weighted by molar-refractivity contribution is -0.138. The number of aromatic nitrogens is 1. The molecule has 0 saturated heterocycles. The number of aryl methyl sites for hydroxylation is 1. The van der Waals surface area contributed by atoms with Gasteiger partial charge in [0.1, 0.15) is 11.5 Å². The summed E-state index contributed by atoms with van der Waals surface area (Å²) in [6.45, 7) is 1.11. The predicted octanol–water partition coefficient (Wildman–Crippen LogP) is 3.69. The Morgan fingerprint density at radius 3 is 2.40 bits per heavy atom. The van der Waals surface area contributed by atoms with Crippen LogP contribution in [0.15, 0.2) is 36.5 Å². The first-order chi connectivity index (χ1) is 9.40. The zero-order valence-electron chi connectivity index (χ0n) is 10.6. The van der Waals surface area contributed by atoms with Crippen molar-refractivity contribution >= 4 is 0 Å². The van der Waals surface area contributed by atoms with E-state index in [9.17, 15) is 13.2 Å². The molecule has 1 N–H and O–H groups in total. The number of alkyl halides is 3. The SMILES string of the molecule is Cc1ccc(Oc2ccc(CO)c(C(F)(F)F)c2)cn1. The minimum Gasteiger partial charge on any atom is -0.456 e. The van der Waals surface area contributed by atoms with Crippen molar-refractivity contribution in [2.24, 2.45) is 0 Å². The Morgan fingerprint density at radius 1 is 1.15 bits per heavy atom. The number of pyridine rings is 1. The smallest absolute Gasteiger partial charge is 0.416 e. The van der Waals surface area contributed by atoms with Crippen LogP contribution in [-0.4, -0.2) is 10.1 Å². The highest BCUT2D eigenvalue weighted by molar-refractivity contribution is 5.39. The third-order valence-electron chi connectivity index (χ3n) is 2.68. The van der Waals surface area contributed by atoms with Gasteiger partial charge in [-0.15, -0.1) is 0 Å². The van der Waals surface area contributed by atoms with Gasteiger partial charge in [0.05, 0.1) is 18.4 Å². The van der Waals surface area contributed by atoms with Gasteiger partial charge >= 0.3 is 6.18 Å². The Balaban J connectivity index is 2.31. The van der Waals surface area contributed by atoms with Gasteiger partial charge in [-0.05, 0) is 36.8 Å². The van der Waals surface area contributed by atoms with Crippen molar-refractivity contribution < 1.29 is 23.0 Å². The first-order valence-corrected chi connectivity index (χ1v) is 5.81. The Kier molecular flexibility index (Phi) is 3.94. The summed E-state index contributed by atoms with van der Waals surface area (Å²) >= 11 is 0. The van der Waals surface area contributed by atoms with Crippen molar-refractivity contribution in [3.05, 3.63) is 53.3 Å². The Hall–Kier alpha value is -2.08. The molecule has 0 amide bonds. The average Bonchev–Trinajstić information content (AvgIpc) is 2.40. The minimum absolute atomic E-state index is 0.0418. The maximum Gasteiger partial charge on any atom is 0.416 e. The van der Waals surface area contributed by atoms with Gasteiger partial charge in [0, 0.05) is 5.69 Å². The van der Waals surface area contributed by atoms with Gasteiger partial charge in [0.25, 0.3) is 0 Å². The summed E-state index contributed by atoms with van der Waals surface area (Å²) < 4.78 is 43.8. The summed E-state index contributed by atoms with van der Waals surface area (Å²) in [6.07, 6.45) is -3.11. The largest absolute Gasteiger partial charge is 0.456 e. The van der Waals surface area contributed by atoms with Crippen LogP contribution in [0, 0.1) is 6.92 Å². The van der Waals surface area contributed by atoms with Crippen LogP contribution in [0.3, 0.4) is 0 Å². The van der Waals surface area contributed by atoms with Crippen molar-refractivity contribution in [2.45, 2.75) is 19.7 Å². The highest BCUT2D eigenvalue weighted by Gasteiger charge is 2.33. The molecule has 6 heteroatoms. The van der Waals surface area contributed by atoms with Crippen LogP contribution in [0.2, 0.25) is 0 Å². The summed E-state index contributed by atoms with van der Waals surface area (Å²) in [5.41, 5.74) is -0.312. The van der Waals surface area contributed by atoms with Gasteiger partial charge in [0.2, 0.25) is 0 Å². The molecule has 0 saturated carbocycles. The third-order valence-corrected chi connectivity index (χ3v) is 2.68. The Labute approximate surface area is 113 Å². The topological polar surface area (TPSA) is 42.4 Å². The Bertz CT molecular complexity index is 594. The van der Waals surface area contributed by atoms with Gasteiger partial charge in [-0.25, -0.2) is 0 Å². The van der Waals surface area contributed by atoms with Gasteiger partial charge in [-0.3, -0.25) is 4.98 Å². The van der Waals surface area contributed by atoms with Gasteiger partial charge in [0.15, 0.2) is 0 Å². The van der Waals surface area contributed by atoms with Crippen LogP contribution < -0.4 is 4.74 Å². The number of nitrogens with zero attached hydrogens (tertiary/aromatic N) is 1. The molecule has 0 radical (unpaired) electrons. The van der Waals surface area contributed by atoms with Gasteiger partial charge < -0.3 is 9.84 Å². The Morgan fingerprint density at radius 2 is 1.85 bits per heavy atom. The van der Waals surface area contributed by atoms with E-state index in [0.29, 0.717) is 5.75 Å². The van der Waals surface area contributed by atoms with Crippen molar-refractivity contribution in [1.29, 1.82) is 0 Å². The second-order valence-corrected chi connectivity index (χ2v) is 4.21.